The van der Waals surface area contributed by atoms with Crippen molar-refractivity contribution >= 4 is 17.7 Å². The molecule has 2 aromatic carbocycles. The minimum Gasteiger partial charge on any atom is -0.0985 e. The Hall–Kier alpha value is -2.34. The molecular formula is C18H16. The number of benzene rings is 2. The highest BCUT2D eigenvalue weighted by atomic mass is 14.1. The first-order chi connectivity index (χ1) is 8.85. The van der Waals surface area contributed by atoms with Gasteiger partial charge in [0.2, 0.25) is 0 Å². The van der Waals surface area contributed by atoms with Crippen LogP contribution in [0.25, 0.3) is 17.7 Å². The fourth-order valence-electron chi connectivity index (χ4n) is 1.81. The SMILES string of the molecule is C=CC1=Cc2ccccc21.C=Cc1ccccc1. The molecule has 0 spiro atoms. The largest absolute Gasteiger partial charge is 0.0985 e. The quantitative estimate of drug-likeness (QED) is 0.679. The summed E-state index contributed by atoms with van der Waals surface area (Å²) in [4.78, 5) is 0. The Morgan fingerprint density at radius 3 is 1.94 bits per heavy atom. The highest BCUT2D eigenvalue weighted by Crippen LogP contribution is 2.32. The molecule has 0 radical (unpaired) electrons. The summed E-state index contributed by atoms with van der Waals surface area (Å²) in [5.41, 5.74) is 5.10. The van der Waals surface area contributed by atoms with Crippen molar-refractivity contribution < 1.29 is 0 Å². The van der Waals surface area contributed by atoms with Crippen LogP contribution >= 0.6 is 0 Å². The highest BCUT2D eigenvalue weighted by Gasteiger charge is 2.10. The maximum Gasteiger partial charge on any atom is -0.0111 e. The Kier molecular flexibility index (Phi) is 3.93. The van der Waals surface area contributed by atoms with Gasteiger partial charge in [-0.15, -0.1) is 0 Å². The third-order valence-corrected chi connectivity index (χ3v) is 2.84. The molecule has 0 bridgehead atoms. The first-order valence-electron chi connectivity index (χ1n) is 5.96. The van der Waals surface area contributed by atoms with Crippen molar-refractivity contribution in [3.63, 3.8) is 0 Å². The van der Waals surface area contributed by atoms with Gasteiger partial charge in [-0.1, -0.05) is 79.9 Å². The van der Waals surface area contributed by atoms with Crippen LogP contribution in [-0.4, -0.2) is 0 Å². The van der Waals surface area contributed by atoms with Crippen LogP contribution in [0, 0.1) is 0 Å². The minimum atomic E-state index is 1.17. The first-order valence-corrected chi connectivity index (χ1v) is 5.96. The van der Waals surface area contributed by atoms with Crippen LogP contribution in [0.2, 0.25) is 0 Å². The fourth-order valence-corrected chi connectivity index (χ4v) is 1.81. The van der Waals surface area contributed by atoms with Gasteiger partial charge in [0, 0.05) is 0 Å². The van der Waals surface area contributed by atoms with Gasteiger partial charge in [-0.2, -0.15) is 0 Å². The normalized spacial score (nSPS) is 11.0. The molecule has 18 heavy (non-hydrogen) atoms. The zero-order chi connectivity index (χ0) is 12.8. The second-order valence-electron chi connectivity index (χ2n) is 4.01. The van der Waals surface area contributed by atoms with Crippen LogP contribution in [-0.2, 0) is 0 Å². The molecule has 0 unspecified atom stereocenters. The van der Waals surface area contributed by atoms with Crippen molar-refractivity contribution in [3.05, 3.63) is 90.5 Å². The van der Waals surface area contributed by atoms with Crippen LogP contribution in [0.4, 0.5) is 0 Å². The summed E-state index contributed by atoms with van der Waals surface area (Å²) in [5.74, 6) is 0. The van der Waals surface area contributed by atoms with E-state index in [2.05, 4.69) is 43.5 Å². The fraction of sp³-hybridized carbons (Fsp3) is 0. The van der Waals surface area contributed by atoms with E-state index in [0.717, 1.165) is 0 Å². The van der Waals surface area contributed by atoms with Gasteiger partial charge in [0.05, 0.1) is 0 Å². The molecule has 0 atom stereocenters. The van der Waals surface area contributed by atoms with Crippen molar-refractivity contribution in [2.75, 3.05) is 0 Å². The van der Waals surface area contributed by atoms with Gasteiger partial charge in [-0.3, -0.25) is 0 Å². The van der Waals surface area contributed by atoms with E-state index in [9.17, 15) is 0 Å². The Morgan fingerprint density at radius 2 is 1.39 bits per heavy atom. The molecule has 1 aliphatic carbocycles. The molecule has 0 fully saturated rings. The standard InChI is InChI=1S/C10H8.C8H8/c1-2-8-7-9-5-3-4-6-10(8)9;1-2-8-6-4-3-5-7-8/h2-7H,1H2;2-7H,1H2. The van der Waals surface area contributed by atoms with Gasteiger partial charge in [-0.05, 0) is 28.3 Å². The number of rotatable bonds is 2. The van der Waals surface area contributed by atoms with Gasteiger partial charge in [0.25, 0.3) is 0 Å². The van der Waals surface area contributed by atoms with E-state index in [4.69, 9.17) is 0 Å². The van der Waals surface area contributed by atoms with Crippen LogP contribution in [0.5, 0.6) is 0 Å². The van der Waals surface area contributed by atoms with E-state index in [1.807, 2.05) is 42.5 Å². The molecule has 0 aromatic heterocycles. The molecule has 1 aliphatic rings. The molecule has 0 N–H and O–H groups in total. The summed E-state index contributed by atoms with van der Waals surface area (Å²) in [6, 6.07) is 18.4. The van der Waals surface area contributed by atoms with E-state index < -0.39 is 0 Å². The topological polar surface area (TPSA) is 0 Å². The molecule has 0 heteroatoms. The predicted octanol–water partition coefficient (Wildman–Crippen LogP) is 5.06. The summed E-state index contributed by atoms with van der Waals surface area (Å²) in [6.45, 7) is 7.34. The van der Waals surface area contributed by atoms with E-state index in [1.165, 1.54) is 22.3 Å². The van der Waals surface area contributed by atoms with Crippen molar-refractivity contribution in [2.45, 2.75) is 0 Å². The lowest BCUT2D eigenvalue weighted by Crippen LogP contribution is -1.94. The maximum absolute atomic E-state index is 3.71. The second-order valence-corrected chi connectivity index (χ2v) is 4.01. The average Bonchev–Trinajstić information content (AvgIpc) is 2.42. The Labute approximate surface area is 109 Å². The molecule has 0 nitrogen and oxygen atoms in total. The first kappa shape index (κ1) is 12.1. The van der Waals surface area contributed by atoms with E-state index in [0.29, 0.717) is 0 Å². The monoisotopic (exact) mass is 232 g/mol. The molecule has 0 aliphatic heterocycles. The summed E-state index contributed by atoms with van der Waals surface area (Å²) in [5, 5.41) is 0. The third kappa shape index (κ3) is 2.67. The Morgan fingerprint density at radius 1 is 0.722 bits per heavy atom. The van der Waals surface area contributed by atoms with Crippen molar-refractivity contribution in [2.24, 2.45) is 0 Å². The average molecular weight is 232 g/mol. The number of hydrogen-bond donors (Lipinski definition) is 0. The Balaban J connectivity index is 0.000000138. The van der Waals surface area contributed by atoms with Gasteiger partial charge in [-0.25, -0.2) is 0 Å². The van der Waals surface area contributed by atoms with Gasteiger partial charge in [0.15, 0.2) is 0 Å². The van der Waals surface area contributed by atoms with Gasteiger partial charge >= 0.3 is 0 Å². The van der Waals surface area contributed by atoms with Gasteiger partial charge < -0.3 is 0 Å². The lowest BCUT2D eigenvalue weighted by molar-refractivity contribution is 1.54. The van der Waals surface area contributed by atoms with E-state index >= 15 is 0 Å². The highest BCUT2D eigenvalue weighted by molar-refractivity contribution is 5.99. The number of fused-ring (bicyclic) bond motifs is 1. The zero-order valence-electron chi connectivity index (χ0n) is 10.3. The molecule has 88 valence electrons. The van der Waals surface area contributed by atoms with Gasteiger partial charge in [0.1, 0.15) is 0 Å². The lowest BCUT2D eigenvalue weighted by atomic mass is 9.89. The number of hydrogen-bond acceptors (Lipinski definition) is 0. The lowest BCUT2D eigenvalue weighted by Gasteiger charge is -2.15. The van der Waals surface area contributed by atoms with Crippen molar-refractivity contribution in [1.82, 2.24) is 0 Å². The van der Waals surface area contributed by atoms with Crippen LogP contribution in [0.3, 0.4) is 0 Å². The van der Waals surface area contributed by atoms with E-state index in [1.54, 1.807) is 0 Å². The van der Waals surface area contributed by atoms with Crippen LogP contribution < -0.4 is 0 Å². The van der Waals surface area contributed by atoms with E-state index in [-0.39, 0.29) is 0 Å². The third-order valence-electron chi connectivity index (χ3n) is 2.84. The van der Waals surface area contributed by atoms with Crippen molar-refractivity contribution in [1.29, 1.82) is 0 Å². The maximum atomic E-state index is 3.71. The summed E-state index contributed by atoms with van der Waals surface area (Å²) in [7, 11) is 0. The Bertz CT molecular complexity index is 574. The van der Waals surface area contributed by atoms with Crippen LogP contribution in [0.1, 0.15) is 16.7 Å². The zero-order valence-corrected chi connectivity index (χ0v) is 10.3. The molecule has 3 rings (SSSR count). The predicted molar refractivity (Wildman–Crippen MR) is 81.0 cm³/mol. The van der Waals surface area contributed by atoms with Crippen LogP contribution in [0.15, 0.2) is 73.8 Å². The minimum absolute atomic E-state index is 1.17. The summed E-state index contributed by atoms with van der Waals surface area (Å²) >= 11 is 0. The molecule has 0 saturated heterocycles. The molecule has 2 aromatic rings. The smallest absolute Gasteiger partial charge is 0.0111 e. The second kappa shape index (κ2) is 5.83. The summed E-state index contributed by atoms with van der Waals surface area (Å²) < 4.78 is 0. The number of allylic oxidation sites excluding steroid dienone is 2. The molecule has 0 heterocycles. The molecule has 0 amide bonds. The van der Waals surface area contributed by atoms with Crippen molar-refractivity contribution in [3.8, 4) is 0 Å². The molecule has 0 saturated carbocycles. The summed E-state index contributed by atoms with van der Waals surface area (Å²) in [6.07, 6.45) is 5.87. The molecular weight excluding hydrogens is 216 g/mol.